The van der Waals surface area contributed by atoms with Gasteiger partial charge in [0.2, 0.25) is 0 Å². The molecule has 0 aromatic carbocycles. The Morgan fingerprint density at radius 2 is 0.865 bits per heavy atom. The number of carbonyl (C=O) groups excluding carboxylic acids is 2. The van der Waals surface area contributed by atoms with E-state index in [1.807, 2.05) is 0 Å². The average Bonchev–Trinajstić information content (AvgIpc) is 2.97. The molecular weight excluding hydrogens is 830 g/mol. The molecule has 0 aliphatic carbocycles. The summed E-state index contributed by atoms with van der Waals surface area (Å²) in [6.45, 7) is -7.35. The third-order valence-corrected chi connectivity index (χ3v) is 7.34. The number of esters is 2. The first-order valence-corrected chi connectivity index (χ1v) is 13.7. The Labute approximate surface area is 277 Å². The van der Waals surface area contributed by atoms with Crippen LogP contribution in [0.4, 0.5) is 105 Å². The predicted molar refractivity (Wildman–Crippen MR) is 123 cm³/mol. The van der Waals surface area contributed by atoms with Crippen LogP contribution >= 0.6 is 11.8 Å². The van der Waals surface area contributed by atoms with E-state index < -0.39 is 115 Å². The zero-order valence-electron chi connectivity index (χ0n) is 24.8. The summed E-state index contributed by atoms with van der Waals surface area (Å²) < 4.78 is 326. The Morgan fingerprint density at radius 1 is 0.538 bits per heavy atom. The molecule has 0 saturated heterocycles. The second-order valence-electron chi connectivity index (χ2n) is 10.3. The number of thioether (sulfide) groups is 1. The molecule has 0 saturated carbocycles. The molecule has 0 N–H and O–H groups in total. The molecule has 52 heavy (non-hydrogen) atoms. The SMILES string of the molecule is CN(C)CCSC(CC(=O)OCC(F)(F)C(F)(F)C(F)(F)C(F)(F)C(F)(F)C(F)F)C(=O)OCC(F)(F)C(F)(F)C(F)(F)C(F)(F)C(F)(F)C(F)F. The zero-order chi connectivity index (χ0) is 42.1. The fraction of sp³-hybridized carbons (Fsp3) is 0.909. The highest BCUT2D eigenvalue weighted by atomic mass is 32.2. The fourth-order valence-electron chi connectivity index (χ4n) is 2.95. The van der Waals surface area contributed by atoms with Crippen molar-refractivity contribution in [1.29, 1.82) is 0 Å². The third kappa shape index (κ3) is 8.92. The largest absolute Gasteiger partial charge is 0.459 e. The van der Waals surface area contributed by atoms with Crippen molar-refractivity contribution in [2.24, 2.45) is 0 Å². The molecule has 0 aliphatic heterocycles. The maximum atomic E-state index is 14.0. The van der Waals surface area contributed by atoms with Crippen molar-refractivity contribution in [3.63, 3.8) is 0 Å². The van der Waals surface area contributed by atoms with Crippen molar-refractivity contribution in [1.82, 2.24) is 4.90 Å². The molecule has 310 valence electrons. The summed E-state index contributed by atoms with van der Waals surface area (Å²) in [5.74, 6) is -81.8. The third-order valence-electron chi connectivity index (χ3n) is 6.16. The van der Waals surface area contributed by atoms with Gasteiger partial charge >= 0.3 is 84.0 Å². The minimum atomic E-state index is -8.07. The van der Waals surface area contributed by atoms with E-state index >= 15 is 0 Å². The Balaban J connectivity index is 6.20. The molecular formula is C22H19F24NO4S. The fourth-order valence-corrected chi connectivity index (χ4v) is 4.16. The van der Waals surface area contributed by atoms with Gasteiger partial charge in [0.05, 0.1) is 6.42 Å². The second kappa shape index (κ2) is 15.7. The topological polar surface area (TPSA) is 55.8 Å². The Kier molecular flexibility index (Phi) is 15.0. The van der Waals surface area contributed by atoms with Crippen LogP contribution in [0.5, 0.6) is 0 Å². The maximum Gasteiger partial charge on any atom is 0.384 e. The van der Waals surface area contributed by atoms with Crippen LogP contribution in [0, 0.1) is 0 Å². The van der Waals surface area contributed by atoms with Gasteiger partial charge in [-0.05, 0) is 14.1 Å². The summed E-state index contributed by atoms with van der Waals surface area (Å²) in [5, 5.41) is -2.65. The highest BCUT2D eigenvalue weighted by Gasteiger charge is 2.89. The van der Waals surface area contributed by atoms with E-state index in [2.05, 4.69) is 9.47 Å². The number of hydrogen-bond donors (Lipinski definition) is 0. The summed E-state index contributed by atoms with van der Waals surface area (Å²) in [4.78, 5) is 25.3. The smallest absolute Gasteiger partial charge is 0.384 e. The number of halogens is 24. The van der Waals surface area contributed by atoms with Gasteiger partial charge < -0.3 is 14.4 Å². The molecule has 0 bridgehead atoms. The van der Waals surface area contributed by atoms with E-state index in [9.17, 15) is 115 Å². The molecule has 1 unspecified atom stereocenters. The van der Waals surface area contributed by atoms with E-state index in [-0.39, 0.29) is 18.3 Å². The Bertz CT molecular complexity index is 1230. The molecule has 0 rings (SSSR count). The molecule has 0 amide bonds. The Hall–Kier alpha value is -2.43. The number of nitrogens with zero attached hydrogens (tertiary/aromatic N) is 1. The number of carbonyl (C=O) groups is 2. The molecule has 1 atom stereocenters. The first-order chi connectivity index (χ1) is 22.7. The normalized spacial score (nSPS) is 15.8. The van der Waals surface area contributed by atoms with Gasteiger partial charge in [-0.25, -0.2) is 17.6 Å². The van der Waals surface area contributed by atoms with Crippen LogP contribution < -0.4 is 0 Å². The molecule has 0 spiro atoms. The summed E-state index contributed by atoms with van der Waals surface area (Å²) in [6.07, 6.45) is -13.7. The molecule has 0 radical (unpaired) electrons. The minimum absolute atomic E-state index is 0.0966. The lowest BCUT2D eigenvalue weighted by atomic mass is 9.94. The molecule has 0 aliphatic rings. The lowest BCUT2D eigenvalue weighted by molar-refractivity contribution is -0.414. The second-order valence-corrected chi connectivity index (χ2v) is 11.6. The average molecular weight is 849 g/mol. The number of rotatable bonds is 21. The number of hydrogen-bond acceptors (Lipinski definition) is 6. The predicted octanol–water partition coefficient (Wildman–Crippen LogP) is 8.01. The van der Waals surface area contributed by atoms with Crippen molar-refractivity contribution < 1.29 is 124 Å². The van der Waals surface area contributed by atoms with Crippen molar-refractivity contribution in [3.8, 4) is 0 Å². The van der Waals surface area contributed by atoms with E-state index in [1.165, 1.54) is 19.0 Å². The maximum absolute atomic E-state index is 14.0. The molecule has 5 nitrogen and oxygen atoms in total. The monoisotopic (exact) mass is 849 g/mol. The standard InChI is InChI=1S/C22H19F24NO4S/c1-47(2)3-4-52-8(10(49)51-7-14(29,30)18(37,38)22(45,46)20(41,42)16(33,34)12(25)26)5-9(48)50-6-13(27,28)17(35,36)21(43,44)19(39,40)15(31,32)11(23)24/h8,11-12H,3-7H2,1-2H3. The van der Waals surface area contributed by atoms with Crippen molar-refractivity contribution >= 4 is 23.7 Å². The van der Waals surface area contributed by atoms with Crippen molar-refractivity contribution in [2.75, 3.05) is 39.6 Å². The van der Waals surface area contributed by atoms with E-state index in [0.29, 0.717) is 0 Å². The molecule has 30 heteroatoms. The lowest BCUT2D eigenvalue weighted by Gasteiger charge is -2.39. The van der Waals surface area contributed by atoms with Crippen LogP contribution in [0.15, 0.2) is 0 Å². The van der Waals surface area contributed by atoms with Gasteiger partial charge in [-0.3, -0.25) is 9.59 Å². The van der Waals surface area contributed by atoms with Crippen LogP contribution in [0.1, 0.15) is 6.42 Å². The highest BCUT2D eigenvalue weighted by molar-refractivity contribution is 8.00. The van der Waals surface area contributed by atoms with E-state index in [0.717, 1.165) is 0 Å². The van der Waals surface area contributed by atoms with Gasteiger partial charge in [-0.15, -0.1) is 11.8 Å². The van der Waals surface area contributed by atoms with Gasteiger partial charge in [0.15, 0.2) is 13.2 Å². The van der Waals surface area contributed by atoms with Crippen LogP contribution in [0.25, 0.3) is 0 Å². The van der Waals surface area contributed by atoms with E-state index in [4.69, 9.17) is 0 Å². The number of alkyl halides is 24. The van der Waals surface area contributed by atoms with Gasteiger partial charge in [-0.1, -0.05) is 0 Å². The van der Waals surface area contributed by atoms with Crippen LogP contribution in [-0.2, 0) is 19.1 Å². The lowest BCUT2D eigenvalue weighted by Crippen LogP contribution is -2.69. The number of ether oxygens (including phenoxy) is 2. The summed E-state index contributed by atoms with van der Waals surface area (Å²) in [7, 11) is 2.49. The Morgan fingerprint density at radius 3 is 1.17 bits per heavy atom. The van der Waals surface area contributed by atoms with E-state index in [1.54, 1.807) is 0 Å². The highest BCUT2D eigenvalue weighted by Crippen LogP contribution is 2.59. The van der Waals surface area contributed by atoms with Gasteiger partial charge in [0, 0.05) is 12.3 Å². The minimum Gasteiger partial charge on any atom is -0.459 e. The van der Waals surface area contributed by atoms with Crippen molar-refractivity contribution in [3.05, 3.63) is 0 Å². The first-order valence-electron chi connectivity index (χ1n) is 12.6. The summed E-state index contributed by atoms with van der Waals surface area (Å²) >= 11 is -0.0966. The molecule has 0 aromatic heterocycles. The van der Waals surface area contributed by atoms with Crippen molar-refractivity contribution in [2.45, 2.75) is 83.7 Å². The quantitative estimate of drug-likeness (QED) is 0.0863. The van der Waals surface area contributed by atoms with Crippen LogP contribution in [-0.4, -0.2) is 134 Å². The summed E-state index contributed by atoms with van der Waals surface area (Å²) in [6, 6.07) is 0. The first kappa shape index (κ1) is 49.6. The molecule has 0 fully saturated rings. The zero-order valence-corrected chi connectivity index (χ0v) is 25.6. The van der Waals surface area contributed by atoms with Gasteiger partial charge in [0.25, 0.3) is 0 Å². The van der Waals surface area contributed by atoms with Gasteiger partial charge in [0.1, 0.15) is 5.25 Å². The van der Waals surface area contributed by atoms with Gasteiger partial charge in [-0.2, -0.15) is 87.8 Å². The molecule has 0 heterocycles. The van der Waals surface area contributed by atoms with Crippen LogP contribution in [0.3, 0.4) is 0 Å². The molecule has 0 aromatic rings. The van der Waals surface area contributed by atoms with Crippen LogP contribution in [0.2, 0.25) is 0 Å². The summed E-state index contributed by atoms with van der Waals surface area (Å²) in [5.41, 5.74) is 0.